The van der Waals surface area contributed by atoms with E-state index in [1.165, 1.54) is 33.2 Å². The summed E-state index contributed by atoms with van der Waals surface area (Å²) in [5.74, 6) is 5.39. The number of anilines is 1. The van der Waals surface area contributed by atoms with Crippen LogP contribution in [-0.2, 0) is 21.4 Å². The van der Waals surface area contributed by atoms with Gasteiger partial charge in [-0.05, 0) is 43.2 Å². The summed E-state index contributed by atoms with van der Waals surface area (Å²) in [4.78, 5) is 12.6. The number of piperidine rings is 1. The number of nitrogens with zero attached hydrogens (tertiary/aromatic N) is 4. The van der Waals surface area contributed by atoms with Crippen LogP contribution in [0.3, 0.4) is 0 Å². The van der Waals surface area contributed by atoms with Crippen LogP contribution in [0, 0.1) is 5.82 Å². The zero-order valence-corrected chi connectivity index (χ0v) is 20.4. The number of hydrogen-bond donors (Lipinski definition) is 2. The van der Waals surface area contributed by atoms with Gasteiger partial charge >= 0.3 is 0 Å². The number of ether oxygens (including phenoxy) is 1. The van der Waals surface area contributed by atoms with Crippen LogP contribution in [0.2, 0.25) is 0 Å². The fourth-order valence-electron chi connectivity index (χ4n) is 3.52. The summed E-state index contributed by atoms with van der Waals surface area (Å²) >= 11 is 1.05. The van der Waals surface area contributed by atoms with Crippen LogP contribution in [0.15, 0.2) is 58.6 Å². The van der Waals surface area contributed by atoms with Crippen molar-refractivity contribution in [2.45, 2.75) is 35.9 Å². The van der Waals surface area contributed by atoms with Crippen molar-refractivity contribution in [3.63, 3.8) is 0 Å². The highest BCUT2D eigenvalue weighted by molar-refractivity contribution is 7.99. The number of aromatic nitrogens is 3. The topological polar surface area (TPSA) is 132 Å². The molecular formula is C22H25FN6O4S2. The van der Waals surface area contributed by atoms with E-state index in [-0.39, 0.29) is 39.9 Å². The van der Waals surface area contributed by atoms with Gasteiger partial charge in [-0.1, -0.05) is 36.4 Å². The lowest BCUT2D eigenvalue weighted by molar-refractivity contribution is -0.113. The van der Waals surface area contributed by atoms with Crippen molar-refractivity contribution < 1.29 is 22.3 Å². The second-order valence-corrected chi connectivity index (χ2v) is 10.7. The minimum Gasteiger partial charge on any atom is -0.482 e. The first kappa shape index (κ1) is 24.9. The Morgan fingerprint density at radius 3 is 2.66 bits per heavy atom. The van der Waals surface area contributed by atoms with Gasteiger partial charge in [-0.15, -0.1) is 10.2 Å². The maximum absolute atomic E-state index is 13.7. The van der Waals surface area contributed by atoms with Crippen LogP contribution in [0.4, 0.5) is 10.1 Å². The lowest BCUT2D eigenvalue weighted by atomic mass is 10.2. The average molecular weight is 521 g/mol. The highest BCUT2D eigenvalue weighted by Gasteiger charge is 2.26. The van der Waals surface area contributed by atoms with Crippen LogP contribution in [0.1, 0.15) is 25.1 Å². The molecule has 13 heteroatoms. The van der Waals surface area contributed by atoms with E-state index in [1.54, 1.807) is 24.3 Å². The number of nitrogens with two attached hydrogens (primary N) is 1. The number of hydrogen-bond acceptors (Lipinski definition) is 8. The van der Waals surface area contributed by atoms with Crippen molar-refractivity contribution in [2.75, 3.05) is 30.0 Å². The van der Waals surface area contributed by atoms with E-state index in [2.05, 4.69) is 15.5 Å². The molecule has 0 atom stereocenters. The summed E-state index contributed by atoms with van der Waals surface area (Å²) in [6.45, 7) is 0.904. The summed E-state index contributed by atoms with van der Waals surface area (Å²) in [5, 5.41) is 10.8. The first-order valence-electron chi connectivity index (χ1n) is 10.9. The molecule has 1 fully saturated rings. The predicted octanol–water partition coefficient (Wildman–Crippen LogP) is 2.62. The van der Waals surface area contributed by atoms with E-state index in [4.69, 9.17) is 10.6 Å². The van der Waals surface area contributed by atoms with E-state index in [0.29, 0.717) is 18.8 Å². The predicted molar refractivity (Wildman–Crippen MR) is 129 cm³/mol. The molecule has 2 heterocycles. The number of para-hydroxylation sites is 1. The van der Waals surface area contributed by atoms with Crippen molar-refractivity contribution in [1.82, 2.24) is 19.2 Å². The largest absolute Gasteiger partial charge is 0.482 e. The molecule has 1 saturated heterocycles. The molecule has 186 valence electrons. The second kappa shape index (κ2) is 11.1. The summed E-state index contributed by atoms with van der Waals surface area (Å²) < 4.78 is 47.5. The lowest BCUT2D eigenvalue weighted by Gasteiger charge is -2.26. The van der Waals surface area contributed by atoms with E-state index < -0.39 is 15.8 Å². The molecule has 0 saturated carbocycles. The van der Waals surface area contributed by atoms with Crippen molar-refractivity contribution in [3.8, 4) is 5.75 Å². The van der Waals surface area contributed by atoms with Gasteiger partial charge in [0.15, 0.2) is 17.4 Å². The fraction of sp³-hybridized carbons (Fsp3) is 0.318. The van der Waals surface area contributed by atoms with Crippen LogP contribution in [-0.4, -0.2) is 52.3 Å². The molecule has 0 radical (unpaired) electrons. The van der Waals surface area contributed by atoms with Gasteiger partial charge in [-0.2, -0.15) is 4.31 Å². The normalized spacial score (nSPS) is 14.5. The Morgan fingerprint density at radius 2 is 1.89 bits per heavy atom. The van der Waals surface area contributed by atoms with Crippen molar-refractivity contribution >= 4 is 33.4 Å². The molecule has 0 unspecified atom stereocenters. The van der Waals surface area contributed by atoms with Gasteiger partial charge in [-0.3, -0.25) is 4.79 Å². The van der Waals surface area contributed by atoms with E-state index in [9.17, 15) is 17.6 Å². The molecule has 0 bridgehead atoms. The van der Waals surface area contributed by atoms with Gasteiger partial charge in [0.05, 0.1) is 10.6 Å². The summed E-state index contributed by atoms with van der Waals surface area (Å²) in [7, 11) is -3.60. The lowest BCUT2D eigenvalue weighted by Crippen LogP contribution is -2.35. The Kier molecular flexibility index (Phi) is 7.88. The Balaban J connectivity index is 1.33. The zero-order chi connectivity index (χ0) is 24.8. The minimum atomic E-state index is -3.60. The summed E-state index contributed by atoms with van der Waals surface area (Å²) in [5.41, 5.74) is 0.377. The highest BCUT2D eigenvalue weighted by Crippen LogP contribution is 2.23. The van der Waals surface area contributed by atoms with Gasteiger partial charge < -0.3 is 15.9 Å². The molecule has 4 rings (SSSR count). The molecule has 1 aliphatic rings. The summed E-state index contributed by atoms with van der Waals surface area (Å²) in [6.07, 6.45) is 2.71. The Morgan fingerprint density at radius 1 is 1.11 bits per heavy atom. The van der Waals surface area contributed by atoms with E-state index >= 15 is 0 Å². The molecule has 2 aromatic carbocycles. The van der Waals surface area contributed by atoms with Gasteiger partial charge in [0.25, 0.3) is 0 Å². The number of thioether (sulfide) groups is 1. The maximum atomic E-state index is 13.7. The highest BCUT2D eigenvalue weighted by atomic mass is 32.2. The Bertz CT molecular complexity index is 1290. The number of amides is 1. The van der Waals surface area contributed by atoms with Crippen molar-refractivity contribution in [1.29, 1.82) is 0 Å². The van der Waals surface area contributed by atoms with Gasteiger partial charge in [0, 0.05) is 18.8 Å². The van der Waals surface area contributed by atoms with Crippen LogP contribution < -0.4 is 15.9 Å². The average Bonchev–Trinajstić information content (AvgIpc) is 3.22. The molecule has 1 aromatic heterocycles. The molecule has 1 amide bonds. The third-order valence-electron chi connectivity index (χ3n) is 5.33. The molecule has 3 aromatic rings. The number of nitrogens with one attached hydrogen (secondary N) is 1. The first-order valence-corrected chi connectivity index (χ1v) is 13.4. The van der Waals surface area contributed by atoms with E-state index in [1.807, 2.05) is 0 Å². The van der Waals surface area contributed by atoms with Gasteiger partial charge in [-0.25, -0.2) is 17.5 Å². The van der Waals surface area contributed by atoms with Crippen LogP contribution >= 0.6 is 11.8 Å². The van der Waals surface area contributed by atoms with Gasteiger partial charge in [0.2, 0.25) is 21.1 Å². The standard InChI is InChI=1S/C22H25FN6O4S2/c23-18-9-2-3-10-19(18)33-14-20-26-27-22(29(20)24)34-15-21(30)25-16-7-6-8-17(13-16)35(31,32)28-11-4-1-5-12-28/h2-3,6-10,13H,1,4-5,11-12,14-15,24H2,(H,25,30). The molecule has 0 aliphatic carbocycles. The smallest absolute Gasteiger partial charge is 0.243 e. The number of benzene rings is 2. The Hall–Kier alpha value is -3.16. The number of carbonyl (C=O) groups is 1. The Labute approximate surface area is 206 Å². The SMILES string of the molecule is Nn1c(COc2ccccc2F)nnc1SCC(=O)Nc1cccc(S(=O)(=O)N2CCCCC2)c1. The number of halogens is 1. The minimum absolute atomic E-state index is 0.0351. The first-order chi connectivity index (χ1) is 16.8. The molecule has 0 spiro atoms. The van der Waals surface area contributed by atoms with E-state index in [0.717, 1.165) is 31.0 Å². The number of carbonyl (C=O) groups excluding carboxylic acids is 1. The number of sulfonamides is 1. The number of nitrogen functional groups attached to an aromatic ring is 1. The second-order valence-electron chi connectivity index (χ2n) is 7.82. The van der Waals surface area contributed by atoms with Gasteiger partial charge in [0.1, 0.15) is 6.61 Å². The monoisotopic (exact) mass is 520 g/mol. The molecule has 3 N–H and O–H groups in total. The quantitative estimate of drug-likeness (QED) is 0.325. The zero-order valence-electron chi connectivity index (χ0n) is 18.8. The molecule has 35 heavy (non-hydrogen) atoms. The fourth-order valence-corrected chi connectivity index (χ4v) is 5.76. The number of rotatable bonds is 9. The molecule has 1 aliphatic heterocycles. The molecule has 10 nitrogen and oxygen atoms in total. The van der Waals surface area contributed by atoms with Crippen LogP contribution in [0.5, 0.6) is 5.75 Å². The third-order valence-corrected chi connectivity index (χ3v) is 8.17. The molecular weight excluding hydrogens is 495 g/mol. The third kappa shape index (κ3) is 6.10. The van der Waals surface area contributed by atoms with Crippen molar-refractivity contribution in [2.24, 2.45) is 0 Å². The summed E-state index contributed by atoms with van der Waals surface area (Å²) in [6, 6.07) is 12.2. The maximum Gasteiger partial charge on any atom is 0.243 e. The van der Waals surface area contributed by atoms with Crippen LogP contribution in [0.25, 0.3) is 0 Å². The van der Waals surface area contributed by atoms with Crippen molar-refractivity contribution in [3.05, 3.63) is 60.2 Å².